The second-order valence-electron chi connectivity index (χ2n) is 5.59. The van der Waals surface area contributed by atoms with Crippen molar-refractivity contribution in [1.29, 1.82) is 0 Å². The van der Waals surface area contributed by atoms with Crippen molar-refractivity contribution in [3.63, 3.8) is 0 Å². The van der Waals surface area contributed by atoms with Crippen molar-refractivity contribution in [2.45, 2.75) is 49.8 Å². The number of likely N-dealkylation sites (tertiary alicyclic amines) is 1. The van der Waals surface area contributed by atoms with E-state index in [0.717, 1.165) is 19.5 Å². The standard InChI is InChI=1S/C15H23NOS/c1-15(2,17)14-9-6-10-16(14)11-12-7-4-5-8-13(12)18-3/h4-5,7-8,14,17H,6,9-11H2,1-3H3. The summed E-state index contributed by atoms with van der Waals surface area (Å²) in [6.45, 7) is 5.90. The van der Waals surface area contributed by atoms with Crippen LogP contribution in [0.4, 0.5) is 0 Å². The van der Waals surface area contributed by atoms with Crippen molar-refractivity contribution in [2.75, 3.05) is 12.8 Å². The number of hydrogen-bond donors (Lipinski definition) is 1. The molecule has 0 aromatic heterocycles. The average molecular weight is 265 g/mol. The molecule has 100 valence electrons. The van der Waals surface area contributed by atoms with Crippen LogP contribution in [0.25, 0.3) is 0 Å². The van der Waals surface area contributed by atoms with E-state index in [4.69, 9.17) is 0 Å². The van der Waals surface area contributed by atoms with Crippen molar-refractivity contribution >= 4 is 11.8 Å². The van der Waals surface area contributed by atoms with E-state index in [1.165, 1.54) is 16.9 Å². The highest BCUT2D eigenvalue weighted by atomic mass is 32.2. The first-order valence-corrected chi connectivity index (χ1v) is 7.83. The van der Waals surface area contributed by atoms with Gasteiger partial charge in [0.15, 0.2) is 0 Å². The predicted molar refractivity (Wildman–Crippen MR) is 78.0 cm³/mol. The van der Waals surface area contributed by atoms with E-state index in [1.54, 1.807) is 11.8 Å². The van der Waals surface area contributed by atoms with Gasteiger partial charge in [0, 0.05) is 17.5 Å². The Labute approximate surface area is 114 Å². The molecule has 18 heavy (non-hydrogen) atoms. The molecule has 2 rings (SSSR count). The van der Waals surface area contributed by atoms with E-state index in [-0.39, 0.29) is 6.04 Å². The molecule has 1 fully saturated rings. The van der Waals surface area contributed by atoms with Gasteiger partial charge in [-0.2, -0.15) is 0 Å². The van der Waals surface area contributed by atoms with Gasteiger partial charge in [0.1, 0.15) is 0 Å². The maximum Gasteiger partial charge on any atom is 0.0746 e. The van der Waals surface area contributed by atoms with Crippen molar-refractivity contribution in [1.82, 2.24) is 4.90 Å². The van der Waals surface area contributed by atoms with Gasteiger partial charge >= 0.3 is 0 Å². The van der Waals surface area contributed by atoms with Crippen LogP contribution in [0.15, 0.2) is 29.2 Å². The minimum atomic E-state index is -0.606. The van der Waals surface area contributed by atoms with Crippen LogP contribution in [0.2, 0.25) is 0 Å². The van der Waals surface area contributed by atoms with E-state index >= 15 is 0 Å². The Morgan fingerprint density at radius 2 is 2.11 bits per heavy atom. The second kappa shape index (κ2) is 5.64. The molecule has 2 nitrogen and oxygen atoms in total. The summed E-state index contributed by atoms with van der Waals surface area (Å²) in [6, 6.07) is 8.85. The van der Waals surface area contributed by atoms with Gasteiger partial charge in [0.25, 0.3) is 0 Å². The van der Waals surface area contributed by atoms with Crippen molar-refractivity contribution in [3.05, 3.63) is 29.8 Å². The highest BCUT2D eigenvalue weighted by Gasteiger charge is 2.35. The molecule has 1 aliphatic heterocycles. The zero-order chi connectivity index (χ0) is 13.2. The average Bonchev–Trinajstić information content (AvgIpc) is 2.78. The molecule has 1 aliphatic rings. The summed E-state index contributed by atoms with van der Waals surface area (Å²) >= 11 is 1.80. The van der Waals surface area contributed by atoms with Gasteiger partial charge in [-0.3, -0.25) is 4.90 Å². The molecule has 1 unspecified atom stereocenters. The second-order valence-corrected chi connectivity index (χ2v) is 6.44. The van der Waals surface area contributed by atoms with Crippen LogP contribution in [-0.2, 0) is 6.54 Å². The molecular formula is C15H23NOS. The molecule has 0 radical (unpaired) electrons. The van der Waals surface area contributed by atoms with Gasteiger partial charge in [-0.15, -0.1) is 11.8 Å². The lowest BCUT2D eigenvalue weighted by molar-refractivity contribution is -0.00522. The van der Waals surface area contributed by atoms with E-state index in [0.29, 0.717) is 0 Å². The quantitative estimate of drug-likeness (QED) is 0.846. The smallest absolute Gasteiger partial charge is 0.0746 e. The molecule has 1 aromatic rings. The van der Waals surface area contributed by atoms with E-state index in [9.17, 15) is 5.11 Å². The van der Waals surface area contributed by atoms with E-state index < -0.39 is 5.60 Å². The van der Waals surface area contributed by atoms with Crippen LogP contribution in [-0.4, -0.2) is 34.4 Å². The van der Waals surface area contributed by atoms with Crippen LogP contribution in [0.1, 0.15) is 32.3 Å². The molecule has 1 aromatic carbocycles. The number of rotatable bonds is 4. The normalized spacial score (nSPS) is 21.4. The van der Waals surface area contributed by atoms with Gasteiger partial charge in [-0.1, -0.05) is 18.2 Å². The highest BCUT2D eigenvalue weighted by molar-refractivity contribution is 7.98. The zero-order valence-electron chi connectivity index (χ0n) is 11.5. The van der Waals surface area contributed by atoms with Crippen molar-refractivity contribution in [2.24, 2.45) is 0 Å². The summed E-state index contributed by atoms with van der Waals surface area (Å²) in [4.78, 5) is 3.77. The molecule has 0 saturated carbocycles. The zero-order valence-corrected chi connectivity index (χ0v) is 12.3. The third-order valence-electron chi connectivity index (χ3n) is 3.75. The summed E-state index contributed by atoms with van der Waals surface area (Å²) in [6.07, 6.45) is 4.41. The Balaban J connectivity index is 2.13. The van der Waals surface area contributed by atoms with Gasteiger partial charge in [0.05, 0.1) is 5.60 Å². The van der Waals surface area contributed by atoms with Crippen LogP contribution >= 0.6 is 11.8 Å². The molecule has 0 spiro atoms. The number of hydrogen-bond acceptors (Lipinski definition) is 3. The Kier molecular flexibility index (Phi) is 4.36. The summed E-state index contributed by atoms with van der Waals surface area (Å²) in [5.74, 6) is 0. The topological polar surface area (TPSA) is 23.5 Å². The number of thioether (sulfide) groups is 1. The van der Waals surface area contributed by atoms with E-state index in [2.05, 4.69) is 35.4 Å². The summed E-state index contributed by atoms with van der Waals surface area (Å²) in [7, 11) is 0. The molecule has 0 bridgehead atoms. The van der Waals surface area contributed by atoms with Gasteiger partial charge in [-0.25, -0.2) is 0 Å². The number of aliphatic hydroxyl groups is 1. The Bertz CT molecular complexity index is 400. The maximum atomic E-state index is 10.2. The summed E-state index contributed by atoms with van der Waals surface area (Å²) in [5.41, 5.74) is 0.770. The lowest BCUT2D eigenvalue weighted by Crippen LogP contribution is -2.45. The molecular weight excluding hydrogens is 242 g/mol. The minimum Gasteiger partial charge on any atom is -0.389 e. The van der Waals surface area contributed by atoms with Crippen LogP contribution in [0, 0.1) is 0 Å². The Hall–Kier alpha value is -0.510. The number of benzene rings is 1. The van der Waals surface area contributed by atoms with Gasteiger partial charge < -0.3 is 5.11 Å². The summed E-state index contributed by atoms with van der Waals surface area (Å²) in [5, 5.41) is 10.2. The van der Waals surface area contributed by atoms with Crippen LogP contribution < -0.4 is 0 Å². The third-order valence-corrected chi connectivity index (χ3v) is 4.58. The largest absolute Gasteiger partial charge is 0.389 e. The van der Waals surface area contributed by atoms with Crippen LogP contribution in [0.5, 0.6) is 0 Å². The first-order valence-electron chi connectivity index (χ1n) is 6.60. The lowest BCUT2D eigenvalue weighted by atomic mass is 9.96. The molecule has 1 saturated heterocycles. The lowest BCUT2D eigenvalue weighted by Gasteiger charge is -2.34. The third kappa shape index (κ3) is 3.08. The van der Waals surface area contributed by atoms with E-state index in [1.807, 2.05) is 13.8 Å². The molecule has 0 aliphatic carbocycles. The van der Waals surface area contributed by atoms with Crippen molar-refractivity contribution < 1.29 is 5.11 Å². The Morgan fingerprint density at radius 1 is 1.39 bits per heavy atom. The number of nitrogens with zero attached hydrogens (tertiary/aromatic N) is 1. The Morgan fingerprint density at radius 3 is 2.78 bits per heavy atom. The molecule has 0 amide bonds. The monoisotopic (exact) mass is 265 g/mol. The summed E-state index contributed by atoms with van der Waals surface area (Å²) < 4.78 is 0. The fourth-order valence-corrected chi connectivity index (χ4v) is 3.48. The molecule has 1 N–H and O–H groups in total. The molecule has 3 heteroatoms. The first kappa shape index (κ1) is 13.9. The minimum absolute atomic E-state index is 0.285. The van der Waals surface area contributed by atoms with Crippen molar-refractivity contribution in [3.8, 4) is 0 Å². The predicted octanol–water partition coefficient (Wildman–Crippen LogP) is 3.14. The van der Waals surface area contributed by atoms with Gasteiger partial charge in [0.2, 0.25) is 0 Å². The fraction of sp³-hybridized carbons (Fsp3) is 0.600. The fourth-order valence-electron chi connectivity index (χ4n) is 2.87. The molecule has 1 atom stereocenters. The SMILES string of the molecule is CSc1ccccc1CN1CCCC1C(C)(C)O. The van der Waals surface area contributed by atoms with Crippen LogP contribution in [0.3, 0.4) is 0 Å². The maximum absolute atomic E-state index is 10.2. The first-order chi connectivity index (χ1) is 8.52. The van der Waals surface area contributed by atoms with Gasteiger partial charge in [-0.05, 0) is 51.1 Å². The molecule has 1 heterocycles. The highest BCUT2D eigenvalue weighted by Crippen LogP contribution is 2.30.